The number of nitrogens with zero attached hydrogens (tertiary/aromatic N) is 1. The lowest BCUT2D eigenvalue weighted by molar-refractivity contribution is -0.124. The number of carbonyl (C=O) groups is 1. The van der Waals surface area contributed by atoms with E-state index in [0.717, 1.165) is 45.4 Å². The Morgan fingerprint density at radius 3 is 2.76 bits per heavy atom. The number of piperidine rings is 1. The van der Waals surface area contributed by atoms with Crippen molar-refractivity contribution < 1.29 is 9.53 Å². The summed E-state index contributed by atoms with van der Waals surface area (Å²) in [5, 5.41) is 3.21. The number of ether oxygens (including phenoxy) is 1. The zero-order valence-electron chi connectivity index (χ0n) is 14.2. The maximum atomic E-state index is 11.6. The van der Waals surface area contributed by atoms with E-state index in [1.54, 1.807) is 7.11 Å². The van der Waals surface area contributed by atoms with Crippen molar-refractivity contribution in [1.82, 2.24) is 10.2 Å². The molecule has 3 N–H and O–H groups in total. The molecule has 0 spiro atoms. The van der Waals surface area contributed by atoms with Crippen LogP contribution in [0.4, 0.5) is 0 Å². The van der Waals surface area contributed by atoms with Crippen molar-refractivity contribution in [2.24, 2.45) is 11.7 Å². The van der Waals surface area contributed by atoms with Crippen molar-refractivity contribution in [3.63, 3.8) is 0 Å². The van der Waals surface area contributed by atoms with Gasteiger partial charge in [-0.2, -0.15) is 0 Å². The van der Waals surface area contributed by atoms with Crippen LogP contribution in [-0.2, 0) is 9.53 Å². The fourth-order valence-electron chi connectivity index (χ4n) is 3.11. The number of primary amides is 1. The molecule has 0 radical (unpaired) electrons. The summed E-state index contributed by atoms with van der Waals surface area (Å²) in [7, 11) is 1.80. The van der Waals surface area contributed by atoms with Gasteiger partial charge in [0.1, 0.15) is 0 Å². The smallest absolute Gasteiger partial charge is 0.237 e. The summed E-state index contributed by atoms with van der Waals surface area (Å²) >= 11 is 0. The van der Waals surface area contributed by atoms with E-state index in [4.69, 9.17) is 10.5 Å². The van der Waals surface area contributed by atoms with Crippen LogP contribution in [0.2, 0.25) is 0 Å². The number of carbonyl (C=O) groups excluding carboxylic acids is 1. The van der Waals surface area contributed by atoms with Crippen molar-refractivity contribution in [2.45, 2.75) is 58.1 Å². The highest BCUT2D eigenvalue weighted by molar-refractivity contribution is 5.84. The average molecular weight is 299 g/mol. The summed E-state index contributed by atoms with van der Waals surface area (Å²) in [6.45, 7) is 10.2. The van der Waals surface area contributed by atoms with Crippen LogP contribution in [0, 0.1) is 5.92 Å². The Balaban J connectivity index is 2.29. The molecule has 5 nitrogen and oxygen atoms in total. The monoisotopic (exact) mass is 299 g/mol. The van der Waals surface area contributed by atoms with Crippen LogP contribution < -0.4 is 11.1 Å². The Morgan fingerprint density at radius 1 is 1.48 bits per heavy atom. The first kappa shape index (κ1) is 18.4. The lowest BCUT2D eigenvalue weighted by atomic mass is 9.93. The lowest BCUT2D eigenvalue weighted by Gasteiger charge is -2.36. The third-order valence-electron chi connectivity index (χ3n) is 4.79. The van der Waals surface area contributed by atoms with Gasteiger partial charge in [-0.15, -0.1) is 0 Å². The SMILES string of the molecule is CCNC(C)(CCCCN1CCC(C)C(OC)C1)C(N)=O. The summed E-state index contributed by atoms with van der Waals surface area (Å²) in [5.74, 6) is 0.397. The van der Waals surface area contributed by atoms with Gasteiger partial charge in [-0.05, 0) is 58.2 Å². The molecule has 0 aromatic carbocycles. The summed E-state index contributed by atoms with van der Waals surface area (Å²) in [6.07, 6.45) is 4.47. The molecule has 0 bridgehead atoms. The van der Waals surface area contributed by atoms with E-state index in [9.17, 15) is 4.79 Å². The van der Waals surface area contributed by atoms with Crippen LogP contribution in [0.5, 0.6) is 0 Å². The largest absolute Gasteiger partial charge is 0.380 e. The van der Waals surface area contributed by atoms with E-state index < -0.39 is 5.54 Å². The second-order valence-corrected chi connectivity index (χ2v) is 6.52. The van der Waals surface area contributed by atoms with Gasteiger partial charge in [0.2, 0.25) is 5.91 Å². The number of nitrogens with one attached hydrogen (secondary N) is 1. The second-order valence-electron chi connectivity index (χ2n) is 6.52. The third-order valence-corrected chi connectivity index (χ3v) is 4.79. The number of hydrogen-bond acceptors (Lipinski definition) is 4. The molecule has 3 unspecified atom stereocenters. The lowest BCUT2D eigenvalue weighted by Crippen LogP contribution is -2.53. The van der Waals surface area contributed by atoms with Crippen LogP contribution >= 0.6 is 0 Å². The van der Waals surface area contributed by atoms with Gasteiger partial charge in [0.25, 0.3) is 0 Å². The molecule has 0 saturated carbocycles. The van der Waals surface area contributed by atoms with E-state index in [1.165, 1.54) is 6.42 Å². The number of unbranched alkanes of at least 4 members (excludes halogenated alkanes) is 1. The normalized spacial score (nSPS) is 26.5. The van der Waals surface area contributed by atoms with E-state index in [0.29, 0.717) is 12.0 Å². The van der Waals surface area contributed by atoms with Gasteiger partial charge in [0.05, 0.1) is 11.6 Å². The van der Waals surface area contributed by atoms with Gasteiger partial charge in [-0.3, -0.25) is 4.79 Å². The Bertz CT molecular complexity index is 325. The standard InChI is InChI=1S/C16H33N3O2/c1-5-18-16(3,15(17)20)9-6-7-10-19-11-8-13(2)14(12-19)21-4/h13-14,18H,5-12H2,1-4H3,(H2,17,20). The number of likely N-dealkylation sites (tertiary alicyclic amines) is 1. The van der Waals surface area contributed by atoms with Crippen molar-refractivity contribution in [3.05, 3.63) is 0 Å². The fourth-order valence-corrected chi connectivity index (χ4v) is 3.11. The van der Waals surface area contributed by atoms with Crippen LogP contribution in [-0.4, -0.2) is 55.7 Å². The van der Waals surface area contributed by atoms with Crippen LogP contribution in [0.3, 0.4) is 0 Å². The molecule has 124 valence electrons. The van der Waals surface area contributed by atoms with Gasteiger partial charge in [0, 0.05) is 13.7 Å². The van der Waals surface area contributed by atoms with E-state index in [-0.39, 0.29) is 5.91 Å². The van der Waals surface area contributed by atoms with Crippen molar-refractivity contribution in [1.29, 1.82) is 0 Å². The fraction of sp³-hybridized carbons (Fsp3) is 0.938. The number of methoxy groups -OCH3 is 1. The highest BCUT2D eigenvalue weighted by Crippen LogP contribution is 2.20. The minimum Gasteiger partial charge on any atom is -0.380 e. The summed E-state index contributed by atoms with van der Waals surface area (Å²) < 4.78 is 5.54. The maximum absolute atomic E-state index is 11.6. The van der Waals surface area contributed by atoms with Crippen LogP contribution in [0.1, 0.15) is 46.5 Å². The highest BCUT2D eigenvalue weighted by atomic mass is 16.5. The van der Waals surface area contributed by atoms with Crippen LogP contribution in [0.15, 0.2) is 0 Å². The molecule has 0 aromatic heterocycles. The number of rotatable bonds is 9. The van der Waals surface area contributed by atoms with Crippen LogP contribution in [0.25, 0.3) is 0 Å². The summed E-state index contributed by atoms with van der Waals surface area (Å²) in [5.41, 5.74) is 4.94. The second kappa shape index (κ2) is 8.71. The molecule has 0 aromatic rings. The topological polar surface area (TPSA) is 67.6 Å². The van der Waals surface area contributed by atoms with Gasteiger partial charge < -0.3 is 20.7 Å². The molecule has 1 aliphatic heterocycles. The average Bonchev–Trinajstić information content (AvgIpc) is 2.45. The molecule has 1 fully saturated rings. The molecule has 0 aliphatic carbocycles. The van der Waals surface area contributed by atoms with Gasteiger partial charge >= 0.3 is 0 Å². The van der Waals surface area contributed by atoms with Crippen molar-refractivity contribution >= 4 is 5.91 Å². The molecule has 1 saturated heterocycles. The van der Waals surface area contributed by atoms with Crippen molar-refractivity contribution in [2.75, 3.05) is 33.3 Å². The van der Waals surface area contributed by atoms with Crippen molar-refractivity contribution in [3.8, 4) is 0 Å². The van der Waals surface area contributed by atoms with E-state index in [1.807, 2.05) is 13.8 Å². The number of likely N-dealkylation sites (N-methyl/N-ethyl adjacent to an activating group) is 1. The molecule has 1 rings (SSSR count). The maximum Gasteiger partial charge on any atom is 0.237 e. The zero-order chi connectivity index (χ0) is 15.9. The molecule has 1 aliphatic rings. The number of hydrogen-bond donors (Lipinski definition) is 2. The quantitative estimate of drug-likeness (QED) is 0.631. The molecule has 3 atom stereocenters. The molecule has 1 heterocycles. The molecule has 1 amide bonds. The highest BCUT2D eigenvalue weighted by Gasteiger charge is 2.29. The molecule has 5 heteroatoms. The first-order valence-electron chi connectivity index (χ1n) is 8.23. The number of amides is 1. The first-order valence-corrected chi connectivity index (χ1v) is 8.23. The minimum absolute atomic E-state index is 0.254. The Kier molecular flexibility index (Phi) is 7.63. The van der Waals surface area contributed by atoms with E-state index in [2.05, 4.69) is 17.1 Å². The third kappa shape index (κ3) is 5.57. The number of nitrogens with two attached hydrogens (primary N) is 1. The summed E-state index contributed by atoms with van der Waals surface area (Å²) in [4.78, 5) is 14.0. The summed E-state index contributed by atoms with van der Waals surface area (Å²) in [6, 6.07) is 0. The molecular weight excluding hydrogens is 266 g/mol. The minimum atomic E-state index is -0.569. The zero-order valence-corrected chi connectivity index (χ0v) is 14.2. The molecule has 21 heavy (non-hydrogen) atoms. The Morgan fingerprint density at radius 2 is 2.19 bits per heavy atom. The predicted octanol–water partition coefficient (Wildman–Crippen LogP) is 1.37. The first-order chi connectivity index (χ1) is 9.92. The van der Waals surface area contributed by atoms with Gasteiger partial charge in [0.15, 0.2) is 0 Å². The Hall–Kier alpha value is -0.650. The Labute approximate surface area is 129 Å². The molecular formula is C16H33N3O2. The van der Waals surface area contributed by atoms with Gasteiger partial charge in [-0.1, -0.05) is 13.8 Å². The van der Waals surface area contributed by atoms with E-state index >= 15 is 0 Å². The predicted molar refractivity (Wildman–Crippen MR) is 86.1 cm³/mol. The van der Waals surface area contributed by atoms with Gasteiger partial charge in [-0.25, -0.2) is 0 Å².